The van der Waals surface area contributed by atoms with Crippen LogP contribution in [-0.2, 0) is 6.54 Å². The van der Waals surface area contributed by atoms with E-state index in [4.69, 9.17) is 14.3 Å². The second-order valence-corrected chi connectivity index (χ2v) is 5.50. The van der Waals surface area contributed by atoms with Crippen molar-refractivity contribution in [2.75, 3.05) is 38.2 Å². The molecule has 1 aliphatic heterocycles. The smallest absolute Gasteiger partial charge is 0.339 e. The minimum absolute atomic E-state index is 0.247. The van der Waals surface area contributed by atoms with E-state index in [0.29, 0.717) is 12.3 Å². The predicted octanol–water partition coefficient (Wildman–Crippen LogP) is 2.31. The highest BCUT2D eigenvalue weighted by Crippen LogP contribution is 2.28. The number of carboxylic acids is 1. The molecule has 1 aromatic heterocycles. The minimum atomic E-state index is -0.943. The summed E-state index contributed by atoms with van der Waals surface area (Å²) in [7, 11) is 1.68. The number of para-hydroxylation sites is 2. The fourth-order valence-electron chi connectivity index (χ4n) is 2.89. The molecule has 2 aromatic rings. The van der Waals surface area contributed by atoms with Gasteiger partial charge in [-0.1, -0.05) is 12.1 Å². The summed E-state index contributed by atoms with van der Waals surface area (Å²) in [6, 6.07) is 9.49. The number of hydrogen-bond acceptors (Lipinski definition) is 5. The Bertz CT molecular complexity index is 675. The van der Waals surface area contributed by atoms with Crippen molar-refractivity contribution in [2.24, 2.45) is 0 Å². The Morgan fingerprint density at radius 1 is 1.22 bits per heavy atom. The van der Waals surface area contributed by atoms with Gasteiger partial charge in [-0.3, -0.25) is 4.90 Å². The number of anilines is 1. The van der Waals surface area contributed by atoms with E-state index in [-0.39, 0.29) is 5.56 Å². The average molecular weight is 316 g/mol. The maximum Gasteiger partial charge on any atom is 0.339 e. The van der Waals surface area contributed by atoms with Crippen molar-refractivity contribution in [3.05, 3.63) is 47.9 Å². The first-order valence-electron chi connectivity index (χ1n) is 7.59. The van der Waals surface area contributed by atoms with Crippen molar-refractivity contribution in [1.29, 1.82) is 0 Å². The first kappa shape index (κ1) is 15.4. The zero-order chi connectivity index (χ0) is 16.2. The highest BCUT2D eigenvalue weighted by Gasteiger charge is 2.22. The quantitative estimate of drug-likeness (QED) is 0.913. The fourth-order valence-corrected chi connectivity index (χ4v) is 2.89. The van der Waals surface area contributed by atoms with Crippen LogP contribution < -0.4 is 9.64 Å². The van der Waals surface area contributed by atoms with Crippen LogP contribution in [0.2, 0.25) is 0 Å². The van der Waals surface area contributed by atoms with E-state index < -0.39 is 5.97 Å². The lowest BCUT2D eigenvalue weighted by molar-refractivity contribution is 0.0692. The number of carbonyl (C=O) groups is 1. The summed E-state index contributed by atoms with van der Waals surface area (Å²) in [4.78, 5) is 15.6. The highest BCUT2D eigenvalue weighted by atomic mass is 16.5. The number of hydrogen-bond donors (Lipinski definition) is 1. The molecule has 0 aliphatic carbocycles. The number of ether oxygens (including phenoxy) is 1. The standard InChI is InChI=1S/C17H20N2O4/c1-22-15-5-3-2-4-14(15)19-9-7-18(8-10-19)12-16-13(17(20)21)6-11-23-16/h2-6,11H,7-10,12H2,1H3,(H,20,21). The third-order valence-corrected chi connectivity index (χ3v) is 4.14. The van der Waals surface area contributed by atoms with Gasteiger partial charge in [0.15, 0.2) is 0 Å². The lowest BCUT2D eigenvalue weighted by atomic mass is 10.2. The fraction of sp³-hybridized carbons (Fsp3) is 0.353. The van der Waals surface area contributed by atoms with Crippen molar-refractivity contribution in [3.63, 3.8) is 0 Å². The van der Waals surface area contributed by atoms with Crippen LogP contribution in [0.1, 0.15) is 16.1 Å². The molecule has 0 bridgehead atoms. The van der Waals surface area contributed by atoms with Crippen molar-refractivity contribution < 1.29 is 19.1 Å². The number of piperazine rings is 1. The van der Waals surface area contributed by atoms with Gasteiger partial charge < -0.3 is 19.2 Å². The Morgan fingerprint density at radius 2 is 1.96 bits per heavy atom. The van der Waals surface area contributed by atoms with Gasteiger partial charge in [0.1, 0.15) is 17.1 Å². The van der Waals surface area contributed by atoms with Gasteiger partial charge in [0.25, 0.3) is 0 Å². The minimum Gasteiger partial charge on any atom is -0.495 e. The summed E-state index contributed by atoms with van der Waals surface area (Å²) in [5, 5.41) is 9.13. The second-order valence-electron chi connectivity index (χ2n) is 5.50. The van der Waals surface area contributed by atoms with Crippen molar-refractivity contribution >= 4 is 11.7 Å². The number of rotatable bonds is 5. The topological polar surface area (TPSA) is 66.2 Å². The molecule has 0 saturated carbocycles. The summed E-state index contributed by atoms with van der Waals surface area (Å²) in [5.74, 6) is 0.449. The first-order chi connectivity index (χ1) is 11.2. The van der Waals surface area contributed by atoms with Crippen LogP contribution in [0, 0.1) is 0 Å². The Balaban J connectivity index is 1.62. The number of furan rings is 1. The van der Waals surface area contributed by atoms with Gasteiger partial charge in [-0.2, -0.15) is 0 Å². The lowest BCUT2D eigenvalue weighted by Gasteiger charge is -2.36. The third-order valence-electron chi connectivity index (χ3n) is 4.14. The third kappa shape index (κ3) is 3.32. The Hall–Kier alpha value is -2.47. The van der Waals surface area contributed by atoms with Crippen LogP contribution in [0.15, 0.2) is 41.0 Å². The molecule has 0 unspecified atom stereocenters. The molecule has 1 aliphatic rings. The number of benzene rings is 1. The van der Waals surface area contributed by atoms with Gasteiger partial charge in [0, 0.05) is 26.2 Å². The zero-order valence-corrected chi connectivity index (χ0v) is 13.1. The largest absolute Gasteiger partial charge is 0.495 e. The summed E-state index contributed by atoms with van der Waals surface area (Å²) in [5.41, 5.74) is 1.34. The molecule has 23 heavy (non-hydrogen) atoms. The summed E-state index contributed by atoms with van der Waals surface area (Å²) in [6.45, 7) is 3.94. The summed E-state index contributed by atoms with van der Waals surface area (Å²) in [6.07, 6.45) is 1.43. The van der Waals surface area contributed by atoms with E-state index in [1.54, 1.807) is 7.11 Å². The monoisotopic (exact) mass is 316 g/mol. The molecule has 1 aromatic carbocycles. The predicted molar refractivity (Wildman–Crippen MR) is 86.2 cm³/mol. The van der Waals surface area contributed by atoms with E-state index in [1.165, 1.54) is 12.3 Å². The van der Waals surface area contributed by atoms with Gasteiger partial charge in [-0.15, -0.1) is 0 Å². The van der Waals surface area contributed by atoms with Gasteiger partial charge in [0.05, 0.1) is 25.6 Å². The van der Waals surface area contributed by atoms with Gasteiger partial charge in [-0.25, -0.2) is 4.79 Å². The lowest BCUT2D eigenvalue weighted by Crippen LogP contribution is -2.46. The van der Waals surface area contributed by atoms with Crippen LogP contribution >= 0.6 is 0 Å². The number of nitrogens with zero attached hydrogens (tertiary/aromatic N) is 2. The maximum absolute atomic E-state index is 11.1. The summed E-state index contributed by atoms with van der Waals surface area (Å²) >= 11 is 0. The van der Waals surface area contributed by atoms with E-state index in [1.807, 2.05) is 18.2 Å². The van der Waals surface area contributed by atoms with Crippen LogP contribution in [0.3, 0.4) is 0 Å². The molecule has 0 amide bonds. The zero-order valence-electron chi connectivity index (χ0n) is 13.1. The number of carboxylic acid groups (broad SMARTS) is 1. The second kappa shape index (κ2) is 6.75. The van der Waals surface area contributed by atoms with E-state index in [0.717, 1.165) is 37.6 Å². The van der Waals surface area contributed by atoms with Crippen LogP contribution in [-0.4, -0.2) is 49.3 Å². The van der Waals surface area contributed by atoms with Gasteiger partial charge >= 0.3 is 5.97 Å². The molecule has 1 saturated heterocycles. The molecule has 2 heterocycles. The molecule has 122 valence electrons. The molecule has 0 atom stereocenters. The van der Waals surface area contributed by atoms with Gasteiger partial charge in [-0.05, 0) is 18.2 Å². The molecule has 1 fully saturated rings. The van der Waals surface area contributed by atoms with Crippen LogP contribution in [0.25, 0.3) is 0 Å². The number of aromatic carboxylic acids is 1. The highest BCUT2D eigenvalue weighted by molar-refractivity contribution is 5.88. The maximum atomic E-state index is 11.1. The molecule has 0 spiro atoms. The molecule has 3 rings (SSSR count). The van der Waals surface area contributed by atoms with E-state index in [2.05, 4.69) is 15.9 Å². The van der Waals surface area contributed by atoms with Crippen LogP contribution in [0.5, 0.6) is 5.75 Å². The van der Waals surface area contributed by atoms with E-state index >= 15 is 0 Å². The SMILES string of the molecule is COc1ccccc1N1CCN(Cc2occc2C(=O)O)CC1. The molecular formula is C17H20N2O4. The van der Waals surface area contributed by atoms with Crippen molar-refractivity contribution in [1.82, 2.24) is 4.90 Å². The molecule has 6 nitrogen and oxygen atoms in total. The van der Waals surface area contributed by atoms with Crippen LogP contribution in [0.4, 0.5) is 5.69 Å². The van der Waals surface area contributed by atoms with Crippen molar-refractivity contribution in [2.45, 2.75) is 6.54 Å². The van der Waals surface area contributed by atoms with Gasteiger partial charge in [0.2, 0.25) is 0 Å². The van der Waals surface area contributed by atoms with E-state index in [9.17, 15) is 4.79 Å². The average Bonchev–Trinajstić information content (AvgIpc) is 3.04. The Kier molecular flexibility index (Phi) is 4.52. The normalized spacial score (nSPS) is 15.6. The number of methoxy groups -OCH3 is 1. The van der Waals surface area contributed by atoms with Crippen molar-refractivity contribution in [3.8, 4) is 5.75 Å². The Labute approximate surface area is 134 Å². The first-order valence-corrected chi connectivity index (χ1v) is 7.59. The summed E-state index contributed by atoms with van der Waals surface area (Å²) < 4.78 is 10.7. The molecule has 0 radical (unpaired) electrons. The molecular weight excluding hydrogens is 296 g/mol. The molecule has 6 heteroatoms. The molecule has 1 N–H and O–H groups in total. The Morgan fingerprint density at radius 3 is 2.65 bits per heavy atom.